The quantitative estimate of drug-likeness (QED) is 0.189. The van der Waals surface area contributed by atoms with Crippen LogP contribution in [0.2, 0.25) is 0 Å². The third-order valence-electron chi connectivity index (χ3n) is 10.0. The van der Waals surface area contributed by atoms with Crippen LogP contribution in [-0.2, 0) is 0 Å². The smallest absolute Gasteiger partial charge is 0.137 e. The summed E-state index contributed by atoms with van der Waals surface area (Å²) in [6.45, 7) is 0. The highest BCUT2D eigenvalue weighted by Crippen LogP contribution is 2.46. The number of fused-ring (bicyclic) bond motifs is 10. The SMILES string of the molecule is c1ccc2c(-c3ccc(N(c4ccc5c(c4)oc4ccccc45)c4ccc5c(c4)oc4ccccc45)cc3)c3sc4ccccc4c3cc2c1. The summed E-state index contributed by atoms with van der Waals surface area (Å²) in [7, 11) is 0. The molecule has 0 spiro atoms. The summed E-state index contributed by atoms with van der Waals surface area (Å²) < 4.78 is 15.4. The van der Waals surface area contributed by atoms with E-state index in [-0.39, 0.29) is 0 Å². The molecule has 3 aromatic heterocycles. The second-order valence-electron chi connectivity index (χ2n) is 12.9. The van der Waals surface area contributed by atoms with Crippen LogP contribution in [0.1, 0.15) is 0 Å². The van der Waals surface area contributed by atoms with E-state index >= 15 is 0 Å². The van der Waals surface area contributed by atoms with Crippen molar-refractivity contribution in [2.24, 2.45) is 0 Å². The van der Waals surface area contributed by atoms with Crippen molar-refractivity contribution in [1.82, 2.24) is 0 Å². The number of furan rings is 2. The second kappa shape index (κ2) is 10.6. The highest BCUT2D eigenvalue weighted by atomic mass is 32.1. The van der Waals surface area contributed by atoms with Crippen LogP contribution in [0.5, 0.6) is 0 Å². The lowest BCUT2D eigenvalue weighted by atomic mass is 9.95. The minimum Gasteiger partial charge on any atom is -0.456 e. The number of rotatable bonds is 4. The summed E-state index contributed by atoms with van der Waals surface area (Å²) in [5.41, 5.74) is 9.05. The fourth-order valence-corrected chi connectivity index (χ4v) is 9.00. The van der Waals surface area contributed by atoms with Crippen LogP contribution in [0.15, 0.2) is 173 Å². The molecule has 234 valence electrons. The predicted octanol–water partition coefficient (Wildman–Crippen LogP) is 14.1. The van der Waals surface area contributed by atoms with Gasteiger partial charge in [-0.25, -0.2) is 0 Å². The van der Waals surface area contributed by atoms with Gasteiger partial charge in [-0.3, -0.25) is 0 Å². The van der Waals surface area contributed by atoms with Crippen LogP contribution in [0.4, 0.5) is 17.1 Å². The lowest BCUT2D eigenvalue weighted by Crippen LogP contribution is -2.09. The summed E-state index contributed by atoms with van der Waals surface area (Å²) in [4.78, 5) is 2.29. The summed E-state index contributed by atoms with van der Waals surface area (Å²) in [5, 5.41) is 9.59. The molecule has 3 heterocycles. The molecular weight excluding hydrogens is 631 g/mol. The molecule has 0 unspecified atom stereocenters. The Labute approximate surface area is 290 Å². The number of thiophene rings is 1. The third-order valence-corrected chi connectivity index (χ3v) is 11.3. The van der Waals surface area contributed by atoms with Gasteiger partial charge in [0.2, 0.25) is 0 Å². The van der Waals surface area contributed by atoms with E-state index < -0.39 is 0 Å². The molecular formula is C46H27NO2S. The fourth-order valence-electron chi connectivity index (χ4n) is 7.74. The first-order valence-electron chi connectivity index (χ1n) is 16.8. The molecule has 11 rings (SSSR count). The first-order valence-corrected chi connectivity index (χ1v) is 17.6. The van der Waals surface area contributed by atoms with Crippen LogP contribution in [-0.4, -0.2) is 0 Å². The minimum absolute atomic E-state index is 0.859. The number of para-hydroxylation sites is 2. The van der Waals surface area contributed by atoms with Gasteiger partial charge in [0.25, 0.3) is 0 Å². The van der Waals surface area contributed by atoms with E-state index in [1.807, 2.05) is 35.6 Å². The van der Waals surface area contributed by atoms with Crippen LogP contribution < -0.4 is 4.90 Å². The number of hydrogen-bond acceptors (Lipinski definition) is 4. The van der Waals surface area contributed by atoms with Crippen molar-refractivity contribution in [3.8, 4) is 11.1 Å². The molecule has 0 aliphatic carbocycles. The average molecular weight is 658 g/mol. The molecule has 50 heavy (non-hydrogen) atoms. The monoisotopic (exact) mass is 657 g/mol. The van der Waals surface area contributed by atoms with E-state index in [1.54, 1.807) is 0 Å². The van der Waals surface area contributed by atoms with Crippen LogP contribution in [0, 0.1) is 0 Å². The van der Waals surface area contributed by atoms with Crippen molar-refractivity contribution in [3.63, 3.8) is 0 Å². The molecule has 11 aromatic rings. The summed E-state index contributed by atoms with van der Waals surface area (Å²) >= 11 is 1.88. The Hall–Kier alpha value is -6.36. The Bertz CT molecular complexity index is 2990. The molecule has 0 radical (unpaired) electrons. The van der Waals surface area contributed by atoms with Crippen molar-refractivity contribution in [3.05, 3.63) is 164 Å². The topological polar surface area (TPSA) is 29.5 Å². The molecule has 4 heteroatoms. The number of anilines is 3. The van der Waals surface area contributed by atoms with Crippen LogP contribution in [0.25, 0.3) is 85.9 Å². The molecule has 0 N–H and O–H groups in total. The van der Waals surface area contributed by atoms with E-state index in [1.165, 1.54) is 42.1 Å². The molecule has 0 amide bonds. The van der Waals surface area contributed by atoms with Gasteiger partial charge in [0.1, 0.15) is 22.3 Å². The minimum atomic E-state index is 0.859. The summed E-state index contributed by atoms with van der Waals surface area (Å²) in [6.07, 6.45) is 0. The highest BCUT2D eigenvalue weighted by molar-refractivity contribution is 7.26. The van der Waals surface area contributed by atoms with E-state index in [0.717, 1.165) is 60.9 Å². The van der Waals surface area contributed by atoms with E-state index in [0.29, 0.717) is 0 Å². The Morgan fingerprint density at radius 1 is 0.380 bits per heavy atom. The molecule has 0 bridgehead atoms. The van der Waals surface area contributed by atoms with Gasteiger partial charge in [0.15, 0.2) is 0 Å². The Morgan fingerprint density at radius 2 is 0.900 bits per heavy atom. The molecule has 0 atom stereocenters. The molecule has 0 saturated heterocycles. The number of hydrogen-bond donors (Lipinski definition) is 0. The molecule has 0 aliphatic heterocycles. The van der Waals surface area contributed by atoms with Crippen molar-refractivity contribution in [2.45, 2.75) is 0 Å². The zero-order chi connectivity index (χ0) is 32.8. The molecule has 0 fully saturated rings. The fraction of sp³-hybridized carbons (Fsp3) is 0. The Morgan fingerprint density at radius 3 is 1.56 bits per heavy atom. The van der Waals surface area contributed by atoms with Crippen molar-refractivity contribution in [1.29, 1.82) is 0 Å². The lowest BCUT2D eigenvalue weighted by molar-refractivity contribution is 0.669. The largest absolute Gasteiger partial charge is 0.456 e. The number of benzene rings is 8. The van der Waals surface area contributed by atoms with Gasteiger partial charge in [-0.1, -0.05) is 91.0 Å². The first-order chi connectivity index (χ1) is 24.8. The Balaban J connectivity index is 1.11. The molecule has 0 aliphatic rings. The van der Waals surface area contributed by atoms with Crippen LogP contribution >= 0.6 is 11.3 Å². The zero-order valence-corrected chi connectivity index (χ0v) is 27.6. The maximum absolute atomic E-state index is 6.36. The first kappa shape index (κ1) is 27.6. The van der Waals surface area contributed by atoms with Gasteiger partial charge in [-0.2, -0.15) is 0 Å². The van der Waals surface area contributed by atoms with Gasteiger partial charge in [-0.15, -0.1) is 11.3 Å². The van der Waals surface area contributed by atoms with E-state index in [4.69, 9.17) is 8.83 Å². The molecule has 8 aromatic carbocycles. The van der Waals surface area contributed by atoms with Crippen molar-refractivity contribution < 1.29 is 8.83 Å². The van der Waals surface area contributed by atoms with Crippen LogP contribution in [0.3, 0.4) is 0 Å². The maximum Gasteiger partial charge on any atom is 0.137 e. The normalized spacial score (nSPS) is 12.0. The van der Waals surface area contributed by atoms with E-state index in [9.17, 15) is 0 Å². The van der Waals surface area contributed by atoms with Gasteiger partial charge >= 0.3 is 0 Å². The standard InChI is InChI=1S/C46H27NO2S/c1-2-10-33-29(9-1)25-39-38-13-5-8-16-44(38)50-46(39)45(33)28-17-19-30(20-18-28)47(31-21-23-36-34-11-3-6-14-40(34)48-42(36)26-31)32-22-24-37-35-12-4-7-15-41(35)49-43(37)27-32/h1-27H. The summed E-state index contributed by atoms with van der Waals surface area (Å²) in [6, 6.07) is 58.3. The molecule has 3 nitrogen and oxygen atoms in total. The van der Waals surface area contributed by atoms with Crippen molar-refractivity contribution >= 4 is 103 Å². The average Bonchev–Trinajstić information content (AvgIpc) is 3.85. The highest BCUT2D eigenvalue weighted by Gasteiger charge is 2.19. The van der Waals surface area contributed by atoms with E-state index in [2.05, 4.69) is 144 Å². The maximum atomic E-state index is 6.36. The second-order valence-corrected chi connectivity index (χ2v) is 13.9. The van der Waals surface area contributed by atoms with Crippen molar-refractivity contribution in [2.75, 3.05) is 4.90 Å². The van der Waals surface area contributed by atoms with Gasteiger partial charge in [0, 0.05) is 76.5 Å². The Kier molecular flexibility index (Phi) is 5.83. The zero-order valence-electron chi connectivity index (χ0n) is 26.8. The lowest BCUT2D eigenvalue weighted by Gasteiger charge is -2.25. The molecule has 0 saturated carbocycles. The number of nitrogens with zero attached hydrogens (tertiary/aromatic N) is 1. The van der Waals surface area contributed by atoms with Gasteiger partial charge in [0.05, 0.1) is 0 Å². The van der Waals surface area contributed by atoms with Gasteiger partial charge in [-0.05, 0) is 77.0 Å². The van der Waals surface area contributed by atoms with Gasteiger partial charge < -0.3 is 13.7 Å². The third kappa shape index (κ3) is 4.09. The summed E-state index contributed by atoms with van der Waals surface area (Å²) in [5.74, 6) is 0. The predicted molar refractivity (Wildman–Crippen MR) is 212 cm³/mol.